The zero-order valence-electron chi connectivity index (χ0n) is 7.98. The highest BCUT2D eigenvalue weighted by Crippen LogP contribution is 2.20. The molecule has 15 heavy (non-hydrogen) atoms. The number of nitriles is 1. The van der Waals surface area contributed by atoms with Crippen molar-refractivity contribution < 1.29 is 0 Å². The van der Waals surface area contributed by atoms with Crippen molar-refractivity contribution in [1.29, 1.82) is 5.26 Å². The first kappa shape index (κ1) is 9.87. The number of aryl methyl sites for hydroxylation is 1. The topological polar surface area (TPSA) is 54.5 Å². The van der Waals surface area contributed by atoms with E-state index in [2.05, 4.69) is 25.9 Å². The van der Waals surface area contributed by atoms with E-state index in [4.69, 9.17) is 5.26 Å². The maximum Gasteiger partial charge on any atom is 0.218 e. The molecule has 0 amide bonds. The quantitative estimate of drug-likeness (QED) is 0.792. The number of hydrogen-bond donors (Lipinski definition) is 0. The summed E-state index contributed by atoms with van der Waals surface area (Å²) in [6.45, 7) is 1.96. The smallest absolute Gasteiger partial charge is 0.218 e. The Morgan fingerprint density at radius 3 is 2.93 bits per heavy atom. The number of halogens is 1. The van der Waals surface area contributed by atoms with E-state index in [0.29, 0.717) is 11.6 Å². The molecule has 2 rings (SSSR count). The zero-order valence-corrected chi connectivity index (χ0v) is 9.56. The monoisotopic (exact) mass is 262 g/mol. The molecule has 0 saturated heterocycles. The Labute approximate surface area is 95.3 Å². The minimum atomic E-state index is 0.326. The summed E-state index contributed by atoms with van der Waals surface area (Å²) in [7, 11) is 0. The lowest BCUT2D eigenvalue weighted by molar-refractivity contribution is 0.955. The van der Waals surface area contributed by atoms with Gasteiger partial charge in [-0.1, -0.05) is 0 Å². The van der Waals surface area contributed by atoms with Crippen LogP contribution in [0.15, 0.2) is 29.1 Å². The van der Waals surface area contributed by atoms with Gasteiger partial charge in [-0.05, 0) is 34.5 Å². The van der Waals surface area contributed by atoms with Gasteiger partial charge in [-0.2, -0.15) is 5.26 Å². The Morgan fingerprint density at radius 1 is 1.47 bits per heavy atom. The molecule has 0 aliphatic carbocycles. The van der Waals surface area contributed by atoms with E-state index in [-0.39, 0.29) is 0 Å². The van der Waals surface area contributed by atoms with Gasteiger partial charge in [0.15, 0.2) is 5.82 Å². The minimum absolute atomic E-state index is 0.326. The normalized spacial score (nSPS) is 9.93. The first-order chi connectivity index (χ1) is 7.22. The first-order valence-corrected chi connectivity index (χ1v) is 5.07. The second kappa shape index (κ2) is 3.83. The van der Waals surface area contributed by atoms with Crippen LogP contribution in [0.5, 0.6) is 0 Å². The van der Waals surface area contributed by atoms with Crippen LogP contribution < -0.4 is 0 Å². The molecule has 0 aromatic carbocycles. The van der Waals surface area contributed by atoms with Gasteiger partial charge in [-0.25, -0.2) is 9.97 Å². The van der Waals surface area contributed by atoms with Crippen molar-refractivity contribution in [2.75, 3.05) is 0 Å². The highest BCUT2D eigenvalue weighted by molar-refractivity contribution is 9.10. The van der Waals surface area contributed by atoms with Gasteiger partial charge in [0, 0.05) is 18.6 Å². The number of rotatable bonds is 1. The van der Waals surface area contributed by atoms with Crippen LogP contribution in [0.25, 0.3) is 5.82 Å². The summed E-state index contributed by atoms with van der Waals surface area (Å²) in [6, 6.07) is 3.95. The summed E-state index contributed by atoms with van der Waals surface area (Å²) in [6.07, 6.45) is 5.04. The zero-order chi connectivity index (χ0) is 10.8. The fourth-order valence-corrected chi connectivity index (χ4v) is 1.92. The minimum Gasteiger partial charge on any atom is -0.274 e. The second-order valence-corrected chi connectivity index (χ2v) is 3.91. The molecule has 0 N–H and O–H groups in total. The van der Waals surface area contributed by atoms with Crippen LogP contribution in [0.1, 0.15) is 11.4 Å². The van der Waals surface area contributed by atoms with Crippen LogP contribution in [0.3, 0.4) is 0 Å². The Bertz CT molecular complexity index is 539. The third-order valence-electron chi connectivity index (χ3n) is 1.93. The van der Waals surface area contributed by atoms with E-state index in [1.807, 2.05) is 19.1 Å². The molecule has 2 aromatic rings. The molecule has 0 aliphatic rings. The van der Waals surface area contributed by atoms with Crippen molar-refractivity contribution in [3.8, 4) is 11.9 Å². The summed E-state index contributed by atoms with van der Waals surface area (Å²) in [5.74, 6) is 1.00. The molecule has 2 heterocycles. The van der Waals surface area contributed by atoms with Crippen LogP contribution in [-0.2, 0) is 0 Å². The van der Waals surface area contributed by atoms with Crippen LogP contribution in [0, 0.1) is 18.3 Å². The molecular formula is C10H7BrN4. The van der Waals surface area contributed by atoms with Crippen molar-refractivity contribution in [2.45, 2.75) is 6.92 Å². The molecule has 0 unspecified atom stereocenters. The van der Waals surface area contributed by atoms with Gasteiger partial charge in [0.1, 0.15) is 6.07 Å². The Kier molecular flexibility index (Phi) is 2.52. The van der Waals surface area contributed by atoms with Gasteiger partial charge < -0.3 is 0 Å². The van der Waals surface area contributed by atoms with Crippen LogP contribution >= 0.6 is 15.9 Å². The summed E-state index contributed by atoms with van der Waals surface area (Å²) >= 11 is 3.41. The maximum atomic E-state index is 8.84. The first-order valence-electron chi connectivity index (χ1n) is 4.28. The molecule has 0 bridgehead atoms. The van der Waals surface area contributed by atoms with E-state index >= 15 is 0 Å². The summed E-state index contributed by atoms with van der Waals surface area (Å²) in [5.41, 5.74) is 1.06. The molecule has 2 aromatic heterocycles. The predicted molar refractivity (Wildman–Crippen MR) is 58.5 cm³/mol. The van der Waals surface area contributed by atoms with Gasteiger partial charge in [0.2, 0.25) is 5.82 Å². The van der Waals surface area contributed by atoms with Crippen LogP contribution in [0.2, 0.25) is 0 Å². The lowest BCUT2D eigenvalue weighted by Crippen LogP contribution is -2.00. The summed E-state index contributed by atoms with van der Waals surface area (Å²) < 4.78 is 2.49. The third kappa shape index (κ3) is 1.76. The summed E-state index contributed by atoms with van der Waals surface area (Å²) in [4.78, 5) is 8.17. The number of imidazole rings is 1. The maximum absolute atomic E-state index is 8.84. The molecule has 5 heteroatoms. The van der Waals surface area contributed by atoms with Gasteiger partial charge in [-0.15, -0.1) is 0 Å². The fourth-order valence-electron chi connectivity index (χ4n) is 1.26. The van der Waals surface area contributed by atoms with Crippen LogP contribution in [0.4, 0.5) is 0 Å². The van der Waals surface area contributed by atoms with Gasteiger partial charge in [0.25, 0.3) is 0 Å². The predicted octanol–water partition coefficient (Wildman–Crippen LogP) is 2.21. The van der Waals surface area contributed by atoms with E-state index in [0.717, 1.165) is 10.0 Å². The van der Waals surface area contributed by atoms with Crippen LogP contribution in [-0.4, -0.2) is 14.5 Å². The second-order valence-electron chi connectivity index (χ2n) is 3.05. The molecule has 0 spiro atoms. The van der Waals surface area contributed by atoms with Crippen molar-refractivity contribution in [3.63, 3.8) is 0 Å². The SMILES string of the molecule is Cc1cnc(-n2ccnc2C#N)c(Br)c1. The standard InChI is InChI=1S/C10H7BrN4/c1-7-4-8(11)10(14-6-7)15-3-2-13-9(15)5-12/h2-4,6H,1H3. The molecule has 0 saturated carbocycles. The van der Waals surface area contributed by atoms with Gasteiger partial charge in [0.05, 0.1) is 4.47 Å². The van der Waals surface area contributed by atoms with E-state index in [9.17, 15) is 0 Å². The Hall–Kier alpha value is -1.67. The fraction of sp³-hybridized carbons (Fsp3) is 0.100. The van der Waals surface area contributed by atoms with Gasteiger partial charge in [-0.3, -0.25) is 4.57 Å². The van der Waals surface area contributed by atoms with Gasteiger partial charge >= 0.3 is 0 Å². The number of nitrogens with zero attached hydrogens (tertiary/aromatic N) is 4. The molecule has 4 nitrogen and oxygen atoms in total. The number of pyridine rings is 1. The average Bonchev–Trinajstić information content (AvgIpc) is 2.65. The number of aromatic nitrogens is 3. The van der Waals surface area contributed by atoms with E-state index in [1.54, 1.807) is 23.2 Å². The van der Waals surface area contributed by atoms with E-state index < -0.39 is 0 Å². The van der Waals surface area contributed by atoms with Crippen molar-refractivity contribution in [1.82, 2.24) is 14.5 Å². The highest BCUT2D eigenvalue weighted by atomic mass is 79.9. The largest absolute Gasteiger partial charge is 0.274 e. The Balaban J connectivity index is 2.60. The molecule has 74 valence electrons. The molecule has 0 fully saturated rings. The lowest BCUT2D eigenvalue weighted by Gasteiger charge is -2.05. The number of hydrogen-bond acceptors (Lipinski definition) is 3. The average molecular weight is 263 g/mol. The van der Waals surface area contributed by atoms with Crippen molar-refractivity contribution in [2.24, 2.45) is 0 Å². The molecule has 0 atom stereocenters. The molecule has 0 aliphatic heterocycles. The Morgan fingerprint density at radius 2 is 2.27 bits per heavy atom. The highest BCUT2D eigenvalue weighted by Gasteiger charge is 2.08. The summed E-state index contributed by atoms with van der Waals surface area (Å²) in [5, 5.41) is 8.84. The third-order valence-corrected chi connectivity index (χ3v) is 2.51. The molecule has 0 radical (unpaired) electrons. The molecular weight excluding hydrogens is 256 g/mol. The van der Waals surface area contributed by atoms with E-state index in [1.165, 1.54) is 0 Å². The van der Waals surface area contributed by atoms with Crippen molar-refractivity contribution >= 4 is 15.9 Å². The van der Waals surface area contributed by atoms with Crippen molar-refractivity contribution in [3.05, 3.63) is 40.5 Å². The lowest BCUT2D eigenvalue weighted by atomic mass is 10.3.